The van der Waals surface area contributed by atoms with Gasteiger partial charge in [-0.25, -0.2) is 4.98 Å². The van der Waals surface area contributed by atoms with E-state index in [1.54, 1.807) is 0 Å². The van der Waals surface area contributed by atoms with Gasteiger partial charge in [0.05, 0.1) is 5.69 Å². The van der Waals surface area contributed by atoms with E-state index in [4.69, 9.17) is 0 Å². The quantitative estimate of drug-likeness (QED) is 0.858. The maximum Gasteiger partial charge on any atom is 0.157 e. The SMILES string of the molecule is Cc1nn(C)c2ncc(CNC3CC=CCC3)cc12. The number of hydrogen-bond donors (Lipinski definition) is 1. The van der Waals surface area contributed by atoms with Gasteiger partial charge in [0.25, 0.3) is 0 Å². The summed E-state index contributed by atoms with van der Waals surface area (Å²) in [6.07, 6.45) is 10.1. The van der Waals surface area contributed by atoms with Gasteiger partial charge in [-0.3, -0.25) is 4.68 Å². The van der Waals surface area contributed by atoms with Crippen molar-refractivity contribution in [1.82, 2.24) is 20.1 Å². The molecule has 2 heterocycles. The monoisotopic (exact) mass is 256 g/mol. The first kappa shape index (κ1) is 12.4. The van der Waals surface area contributed by atoms with Crippen molar-refractivity contribution in [2.45, 2.75) is 38.8 Å². The van der Waals surface area contributed by atoms with Crippen LogP contribution in [0.5, 0.6) is 0 Å². The Kier molecular flexibility index (Phi) is 3.34. The van der Waals surface area contributed by atoms with Crippen LogP contribution < -0.4 is 5.32 Å². The lowest BCUT2D eigenvalue weighted by Crippen LogP contribution is -2.29. The van der Waals surface area contributed by atoms with E-state index in [0.29, 0.717) is 6.04 Å². The third-order valence-corrected chi connectivity index (χ3v) is 3.78. The molecule has 4 nitrogen and oxygen atoms in total. The van der Waals surface area contributed by atoms with Crippen molar-refractivity contribution in [3.8, 4) is 0 Å². The minimum Gasteiger partial charge on any atom is -0.310 e. The summed E-state index contributed by atoms with van der Waals surface area (Å²) < 4.78 is 1.84. The standard InChI is InChI=1S/C15H20N4/c1-11-14-8-12(10-17-15(14)19(2)18-11)9-16-13-6-4-3-5-7-13/h3-4,8,10,13,16H,5-7,9H2,1-2H3. The lowest BCUT2D eigenvalue weighted by atomic mass is 10.0. The van der Waals surface area contributed by atoms with E-state index in [-0.39, 0.29) is 0 Å². The molecule has 0 saturated carbocycles. The zero-order valence-electron chi connectivity index (χ0n) is 11.6. The van der Waals surface area contributed by atoms with Crippen LogP contribution in [-0.4, -0.2) is 20.8 Å². The van der Waals surface area contributed by atoms with E-state index < -0.39 is 0 Å². The fraction of sp³-hybridized carbons (Fsp3) is 0.467. The molecule has 1 aliphatic carbocycles. The summed E-state index contributed by atoms with van der Waals surface area (Å²) in [5.74, 6) is 0. The van der Waals surface area contributed by atoms with E-state index in [0.717, 1.165) is 29.7 Å². The first-order valence-electron chi connectivity index (χ1n) is 6.90. The number of nitrogens with one attached hydrogen (secondary N) is 1. The zero-order chi connectivity index (χ0) is 13.2. The second kappa shape index (κ2) is 5.13. The van der Waals surface area contributed by atoms with E-state index >= 15 is 0 Å². The molecule has 0 aromatic carbocycles. The number of fused-ring (bicyclic) bond motifs is 1. The minimum atomic E-state index is 0.607. The van der Waals surface area contributed by atoms with Gasteiger partial charge < -0.3 is 5.32 Å². The molecule has 0 aliphatic heterocycles. The molecule has 0 spiro atoms. The van der Waals surface area contributed by atoms with Gasteiger partial charge in [-0.1, -0.05) is 12.2 Å². The molecule has 0 saturated heterocycles. The number of allylic oxidation sites excluding steroid dienone is 1. The van der Waals surface area contributed by atoms with Crippen LogP contribution >= 0.6 is 0 Å². The summed E-state index contributed by atoms with van der Waals surface area (Å²) in [7, 11) is 1.94. The summed E-state index contributed by atoms with van der Waals surface area (Å²) in [6, 6.07) is 2.81. The Morgan fingerprint density at radius 1 is 1.42 bits per heavy atom. The number of hydrogen-bond acceptors (Lipinski definition) is 3. The third kappa shape index (κ3) is 2.54. The predicted octanol–water partition coefficient (Wildman–Crippen LogP) is 2.48. The third-order valence-electron chi connectivity index (χ3n) is 3.78. The molecule has 0 fully saturated rings. The molecule has 2 aromatic heterocycles. The van der Waals surface area contributed by atoms with Gasteiger partial charge in [0.1, 0.15) is 0 Å². The van der Waals surface area contributed by atoms with Crippen molar-refractivity contribution in [3.63, 3.8) is 0 Å². The summed E-state index contributed by atoms with van der Waals surface area (Å²) in [5.41, 5.74) is 3.24. The van der Waals surface area contributed by atoms with Crippen molar-refractivity contribution >= 4 is 11.0 Å². The van der Waals surface area contributed by atoms with Crippen LogP contribution in [-0.2, 0) is 13.6 Å². The molecule has 1 atom stereocenters. The topological polar surface area (TPSA) is 42.7 Å². The van der Waals surface area contributed by atoms with E-state index in [1.807, 2.05) is 24.9 Å². The van der Waals surface area contributed by atoms with Crippen LogP contribution in [0.15, 0.2) is 24.4 Å². The van der Waals surface area contributed by atoms with Gasteiger partial charge >= 0.3 is 0 Å². The first-order valence-corrected chi connectivity index (χ1v) is 6.90. The molecule has 19 heavy (non-hydrogen) atoms. The molecular weight excluding hydrogens is 236 g/mol. The van der Waals surface area contributed by atoms with Crippen LogP contribution in [0.25, 0.3) is 11.0 Å². The maximum atomic E-state index is 4.51. The normalized spacial score (nSPS) is 19.2. The van der Waals surface area contributed by atoms with Crippen molar-refractivity contribution in [2.75, 3.05) is 0 Å². The highest BCUT2D eigenvalue weighted by Crippen LogP contribution is 2.17. The Morgan fingerprint density at radius 2 is 2.32 bits per heavy atom. The number of rotatable bonds is 3. The Balaban J connectivity index is 1.74. The summed E-state index contributed by atoms with van der Waals surface area (Å²) >= 11 is 0. The molecule has 3 rings (SSSR count). The van der Waals surface area contributed by atoms with Gasteiger partial charge in [-0.15, -0.1) is 0 Å². The van der Waals surface area contributed by atoms with E-state index in [2.05, 4.69) is 33.6 Å². The first-order chi connectivity index (χ1) is 9.24. The average Bonchev–Trinajstić information content (AvgIpc) is 2.73. The zero-order valence-corrected chi connectivity index (χ0v) is 11.6. The molecule has 0 amide bonds. The molecule has 1 aliphatic rings. The number of aromatic nitrogens is 3. The molecule has 1 N–H and O–H groups in total. The molecule has 0 radical (unpaired) electrons. The second-order valence-electron chi connectivity index (χ2n) is 5.29. The van der Waals surface area contributed by atoms with Crippen LogP contribution in [0.3, 0.4) is 0 Å². The number of pyridine rings is 1. The van der Waals surface area contributed by atoms with Crippen molar-refractivity contribution in [1.29, 1.82) is 0 Å². The Hall–Kier alpha value is -1.68. The molecule has 100 valence electrons. The van der Waals surface area contributed by atoms with Gasteiger partial charge in [0.15, 0.2) is 5.65 Å². The largest absolute Gasteiger partial charge is 0.310 e. The Morgan fingerprint density at radius 3 is 3.11 bits per heavy atom. The second-order valence-corrected chi connectivity index (χ2v) is 5.29. The Labute approximate surface area is 113 Å². The molecule has 1 unspecified atom stereocenters. The van der Waals surface area contributed by atoms with Crippen LogP contribution in [0, 0.1) is 6.92 Å². The maximum absolute atomic E-state index is 4.51. The fourth-order valence-electron chi connectivity index (χ4n) is 2.69. The average molecular weight is 256 g/mol. The van der Waals surface area contributed by atoms with Crippen molar-refractivity contribution in [3.05, 3.63) is 35.7 Å². The predicted molar refractivity (Wildman–Crippen MR) is 76.9 cm³/mol. The van der Waals surface area contributed by atoms with Crippen LogP contribution in [0.1, 0.15) is 30.5 Å². The molecule has 2 aromatic rings. The van der Waals surface area contributed by atoms with Crippen LogP contribution in [0.2, 0.25) is 0 Å². The molecular formula is C15H20N4. The summed E-state index contributed by atoms with van der Waals surface area (Å²) in [6.45, 7) is 2.92. The summed E-state index contributed by atoms with van der Waals surface area (Å²) in [4.78, 5) is 4.51. The van der Waals surface area contributed by atoms with Gasteiger partial charge in [0.2, 0.25) is 0 Å². The molecule has 0 bridgehead atoms. The lowest BCUT2D eigenvalue weighted by molar-refractivity contribution is 0.474. The highest BCUT2D eigenvalue weighted by atomic mass is 15.3. The smallest absolute Gasteiger partial charge is 0.157 e. The van der Waals surface area contributed by atoms with Gasteiger partial charge in [0, 0.05) is 31.2 Å². The minimum absolute atomic E-state index is 0.607. The van der Waals surface area contributed by atoms with E-state index in [1.165, 1.54) is 18.4 Å². The highest BCUT2D eigenvalue weighted by molar-refractivity contribution is 5.78. The summed E-state index contributed by atoms with van der Waals surface area (Å²) in [5, 5.41) is 9.17. The lowest BCUT2D eigenvalue weighted by Gasteiger charge is -2.19. The van der Waals surface area contributed by atoms with E-state index in [9.17, 15) is 0 Å². The van der Waals surface area contributed by atoms with Gasteiger partial charge in [-0.05, 0) is 37.8 Å². The highest BCUT2D eigenvalue weighted by Gasteiger charge is 2.10. The number of nitrogens with zero attached hydrogens (tertiary/aromatic N) is 3. The Bertz CT molecular complexity index is 612. The van der Waals surface area contributed by atoms with Gasteiger partial charge in [-0.2, -0.15) is 5.10 Å². The fourth-order valence-corrected chi connectivity index (χ4v) is 2.69. The van der Waals surface area contributed by atoms with Crippen molar-refractivity contribution in [2.24, 2.45) is 7.05 Å². The number of aryl methyl sites for hydroxylation is 2. The molecule has 4 heteroatoms. The van der Waals surface area contributed by atoms with Crippen molar-refractivity contribution < 1.29 is 0 Å². The van der Waals surface area contributed by atoms with Crippen LogP contribution in [0.4, 0.5) is 0 Å².